The Morgan fingerprint density at radius 1 is 1.41 bits per heavy atom. The summed E-state index contributed by atoms with van der Waals surface area (Å²) in [5.41, 5.74) is 1.85. The Hall–Kier alpha value is -1.36. The molecule has 0 spiro atoms. The maximum atomic E-state index is 11.6. The highest BCUT2D eigenvalue weighted by atomic mass is 79.9. The molecule has 17 heavy (non-hydrogen) atoms. The summed E-state index contributed by atoms with van der Waals surface area (Å²) in [5, 5.41) is 4.44. The highest BCUT2D eigenvalue weighted by Crippen LogP contribution is 2.14. The molecular formula is C12H14BrNO3. The molecule has 0 bridgehead atoms. The topological polar surface area (TPSA) is 47.9 Å². The van der Waals surface area contributed by atoms with E-state index in [0.717, 1.165) is 5.56 Å². The third-order valence-electron chi connectivity index (χ3n) is 2.08. The third-order valence-corrected chi connectivity index (χ3v) is 2.68. The summed E-state index contributed by atoms with van der Waals surface area (Å²) in [6.45, 7) is 2.20. The lowest BCUT2D eigenvalue weighted by molar-refractivity contribution is -0.132. The molecule has 4 nitrogen and oxygen atoms in total. The Morgan fingerprint density at radius 2 is 2.12 bits per heavy atom. The molecular weight excluding hydrogens is 286 g/mol. The standard InChI is InChI=1S/C12H14BrNO3/c1-3-17-14-11(12(15)16-2)10-7-5-4-6-9(10)8-13/h4-7H,3,8H2,1-2H3. The summed E-state index contributed by atoms with van der Waals surface area (Å²) in [7, 11) is 1.32. The first-order valence-electron chi connectivity index (χ1n) is 5.17. The maximum absolute atomic E-state index is 11.6. The van der Waals surface area contributed by atoms with Crippen molar-refractivity contribution in [2.45, 2.75) is 12.3 Å². The van der Waals surface area contributed by atoms with Crippen LogP contribution < -0.4 is 0 Å². The zero-order valence-electron chi connectivity index (χ0n) is 9.77. The van der Waals surface area contributed by atoms with Crippen LogP contribution in [0.25, 0.3) is 0 Å². The van der Waals surface area contributed by atoms with E-state index in [2.05, 4.69) is 21.1 Å². The van der Waals surface area contributed by atoms with Gasteiger partial charge in [-0.2, -0.15) is 0 Å². The zero-order chi connectivity index (χ0) is 12.7. The SMILES string of the molecule is CCON=C(C(=O)OC)c1ccccc1CBr. The van der Waals surface area contributed by atoms with E-state index in [1.807, 2.05) is 24.3 Å². The van der Waals surface area contributed by atoms with Crippen LogP contribution in [0.15, 0.2) is 29.4 Å². The zero-order valence-corrected chi connectivity index (χ0v) is 11.4. The van der Waals surface area contributed by atoms with Gasteiger partial charge in [-0.05, 0) is 12.5 Å². The number of rotatable bonds is 5. The highest BCUT2D eigenvalue weighted by Gasteiger charge is 2.18. The molecule has 5 heteroatoms. The predicted molar refractivity (Wildman–Crippen MR) is 69.3 cm³/mol. The molecule has 0 aliphatic rings. The molecule has 0 atom stereocenters. The van der Waals surface area contributed by atoms with Gasteiger partial charge in [0, 0.05) is 10.9 Å². The fraction of sp³-hybridized carbons (Fsp3) is 0.333. The largest absolute Gasteiger partial charge is 0.464 e. The molecule has 1 rings (SSSR count). The number of ether oxygens (including phenoxy) is 1. The number of halogens is 1. The number of benzene rings is 1. The second-order valence-electron chi connectivity index (χ2n) is 3.14. The number of nitrogens with zero attached hydrogens (tertiary/aromatic N) is 1. The van der Waals surface area contributed by atoms with E-state index in [0.29, 0.717) is 17.5 Å². The van der Waals surface area contributed by atoms with Gasteiger partial charge < -0.3 is 9.57 Å². The van der Waals surface area contributed by atoms with E-state index in [4.69, 9.17) is 9.57 Å². The molecule has 0 saturated carbocycles. The van der Waals surface area contributed by atoms with Gasteiger partial charge in [-0.3, -0.25) is 0 Å². The molecule has 0 aliphatic carbocycles. The van der Waals surface area contributed by atoms with Crippen LogP contribution in [-0.2, 0) is 19.7 Å². The molecule has 0 unspecified atom stereocenters. The van der Waals surface area contributed by atoms with Crippen molar-refractivity contribution in [2.75, 3.05) is 13.7 Å². The number of hydrogen-bond donors (Lipinski definition) is 0. The molecule has 0 N–H and O–H groups in total. The highest BCUT2D eigenvalue weighted by molar-refractivity contribution is 9.08. The first-order valence-corrected chi connectivity index (χ1v) is 6.29. The van der Waals surface area contributed by atoms with Gasteiger partial charge in [0.2, 0.25) is 0 Å². The lowest BCUT2D eigenvalue weighted by Crippen LogP contribution is -2.19. The summed E-state index contributed by atoms with van der Waals surface area (Å²) < 4.78 is 4.70. The van der Waals surface area contributed by atoms with Crippen molar-refractivity contribution in [1.82, 2.24) is 0 Å². The lowest BCUT2D eigenvalue weighted by atomic mass is 10.0. The monoisotopic (exact) mass is 299 g/mol. The van der Waals surface area contributed by atoms with Gasteiger partial charge in [-0.25, -0.2) is 4.79 Å². The minimum absolute atomic E-state index is 0.185. The summed E-state index contributed by atoms with van der Waals surface area (Å²) in [5.74, 6) is -0.508. The van der Waals surface area contributed by atoms with Crippen molar-refractivity contribution in [3.05, 3.63) is 35.4 Å². The van der Waals surface area contributed by atoms with Crippen LogP contribution in [0.4, 0.5) is 0 Å². The van der Waals surface area contributed by atoms with Gasteiger partial charge in [0.05, 0.1) is 7.11 Å². The van der Waals surface area contributed by atoms with Gasteiger partial charge in [-0.1, -0.05) is 45.4 Å². The first kappa shape index (κ1) is 13.7. The summed E-state index contributed by atoms with van der Waals surface area (Å²) in [4.78, 5) is 16.6. The maximum Gasteiger partial charge on any atom is 0.360 e. The van der Waals surface area contributed by atoms with E-state index in [1.54, 1.807) is 6.92 Å². The van der Waals surface area contributed by atoms with E-state index in [-0.39, 0.29) is 5.71 Å². The molecule has 0 aliphatic heterocycles. The van der Waals surface area contributed by atoms with Crippen molar-refractivity contribution >= 4 is 27.6 Å². The Balaban J connectivity index is 3.17. The summed E-state index contributed by atoms with van der Waals surface area (Å²) in [6.07, 6.45) is 0. The van der Waals surface area contributed by atoms with Crippen LogP contribution in [0.3, 0.4) is 0 Å². The predicted octanol–water partition coefficient (Wildman–Crippen LogP) is 2.50. The number of alkyl halides is 1. The van der Waals surface area contributed by atoms with E-state index in [1.165, 1.54) is 7.11 Å². The lowest BCUT2D eigenvalue weighted by Gasteiger charge is -2.08. The fourth-order valence-electron chi connectivity index (χ4n) is 1.29. The Kier molecular flexibility index (Phi) is 5.69. The molecule has 0 saturated heterocycles. The van der Waals surface area contributed by atoms with Gasteiger partial charge in [0.1, 0.15) is 6.61 Å². The number of esters is 1. The van der Waals surface area contributed by atoms with Crippen molar-refractivity contribution in [3.63, 3.8) is 0 Å². The Morgan fingerprint density at radius 3 is 2.71 bits per heavy atom. The molecule has 0 fully saturated rings. The number of oxime groups is 1. The quantitative estimate of drug-likeness (QED) is 0.363. The van der Waals surface area contributed by atoms with Crippen LogP contribution in [-0.4, -0.2) is 25.4 Å². The van der Waals surface area contributed by atoms with Crippen molar-refractivity contribution in [3.8, 4) is 0 Å². The van der Waals surface area contributed by atoms with Gasteiger partial charge in [0.15, 0.2) is 5.71 Å². The van der Waals surface area contributed by atoms with Gasteiger partial charge >= 0.3 is 5.97 Å². The van der Waals surface area contributed by atoms with E-state index < -0.39 is 5.97 Å². The molecule has 1 aromatic carbocycles. The minimum atomic E-state index is -0.508. The summed E-state index contributed by atoms with van der Waals surface area (Å²) in [6, 6.07) is 7.46. The minimum Gasteiger partial charge on any atom is -0.464 e. The molecule has 0 amide bonds. The normalized spacial score (nSPS) is 11.1. The molecule has 92 valence electrons. The van der Waals surface area contributed by atoms with Gasteiger partial charge in [-0.15, -0.1) is 0 Å². The van der Waals surface area contributed by atoms with Crippen LogP contribution in [0.5, 0.6) is 0 Å². The second-order valence-corrected chi connectivity index (χ2v) is 3.70. The van der Waals surface area contributed by atoms with E-state index >= 15 is 0 Å². The number of carbonyl (C=O) groups excluding carboxylic acids is 1. The molecule has 0 heterocycles. The third kappa shape index (κ3) is 3.56. The van der Waals surface area contributed by atoms with Crippen molar-refractivity contribution in [1.29, 1.82) is 0 Å². The first-order chi connectivity index (χ1) is 8.24. The number of carbonyl (C=O) groups is 1. The number of hydrogen-bond acceptors (Lipinski definition) is 4. The number of methoxy groups -OCH3 is 1. The van der Waals surface area contributed by atoms with Crippen LogP contribution in [0, 0.1) is 0 Å². The Bertz CT molecular complexity index is 418. The molecule has 0 aromatic heterocycles. The van der Waals surface area contributed by atoms with Crippen LogP contribution >= 0.6 is 15.9 Å². The van der Waals surface area contributed by atoms with E-state index in [9.17, 15) is 4.79 Å². The van der Waals surface area contributed by atoms with Crippen LogP contribution in [0.1, 0.15) is 18.1 Å². The Labute approximate surface area is 109 Å². The average molecular weight is 300 g/mol. The van der Waals surface area contributed by atoms with Crippen molar-refractivity contribution < 1.29 is 14.4 Å². The molecule has 1 aromatic rings. The average Bonchev–Trinajstić information content (AvgIpc) is 2.39. The van der Waals surface area contributed by atoms with Crippen LogP contribution in [0.2, 0.25) is 0 Å². The van der Waals surface area contributed by atoms with Crippen molar-refractivity contribution in [2.24, 2.45) is 5.16 Å². The van der Waals surface area contributed by atoms with Gasteiger partial charge in [0.25, 0.3) is 0 Å². The fourth-order valence-corrected chi connectivity index (χ4v) is 1.78. The molecule has 0 radical (unpaired) electrons. The smallest absolute Gasteiger partial charge is 0.360 e. The second kappa shape index (κ2) is 7.06. The summed E-state index contributed by atoms with van der Waals surface area (Å²) >= 11 is 3.37.